The van der Waals surface area contributed by atoms with Crippen LogP contribution < -0.4 is 5.32 Å². The van der Waals surface area contributed by atoms with E-state index in [1.807, 2.05) is 6.07 Å². The van der Waals surface area contributed by atoms with Crippen LogP contribution in [0.1, 0.15) is 32.9 Å². The van der Waals surface area contributed by atoms with Crippen LogP contribution in [-0.2, 0) is 6.42 Å². The predicted molar refractivity (Wildman–Crippen MR) is 76.8 cm³/mol. The lowest BCUT2D eigenvalue weighted by atomic mass is 10.0. The minimum atomic E-state index is 0.430. The molecule has 102 valence electrons. The number of hydrogen-bond donors (Lipinski definition) is 1. The number of likely N-dealkylation sites (N-methyl/N-ethyl adjacent to an activating group) is 1. The second kappa shape index (κ2) is 7.31. The van der Waals surface area contributed by atoms with Crippen LogP contribution >= 0.6 is 0 Å². The fourth-order valence-corrected chi connectivity index (χ4v) is 2.07. The minimum absolute atomic E-state index is 0.430. The van der Waals surface area contributed by atoms with Gasteiger partial charge in [0, 0.05) is 24.3 Å². The molecule has 1 heterocycles. The van der Waals surface area contributed by atoms with Gasteiger partial charge in [-0.05, 0) is 32.9 Å². The first kappa shape index (κ1) is 14.9. The van der Waals surface area contributed by atoms with Gasteiger partial charge in [-0.1, -0.05) is 20.8 Å². The summed E-state index contributed by atoms with van der Waals surface area (Å²) in [5.74, 6) is 1.62. The maximum atomic E-state index is 4.30. The summed E-state index contributed by atoms with van der Waals surface area (Å²) in [6.45, 7) is 7.63. The summed E-state index contributed by atoms with van der Waals surface area (Å²) in [5, 5.41) is 3.52. The van der Waals surface area contributed by atoms with E-state index in [1.54, 1.807) is 6.33 Å². The van der Waals surface area contributed by atoms with Crippen LogP contribution in [0.25, 0.3) is 0 Å². The molecule has 1 unspecified atom stereocenters. The van der Waals surface area contributed by atoms with Crippen LogP contribution in [0.3, 0.4) is 0 Å². The van der Waals surface area contributed by atoms with E-state index in [0.29, 0.717) is 12.0 Å². The predicted octanol–water partition coefficient (Wildman–Crippen LogP) is 2.43. The van der Waals surface area contributed by atoms with Crippen molar-refractivity contribution in [1.29, 1.82) is 0 Å². The third kappa shape index (κ3) is 5.45. The molecule has 1 aromatic heterocycles. The Hall–Kier alpha value is -1.16. The molecule has 0 radical (unpaired) electrons. The Bertz CT molecular complexity index is 339. The van der Waals surface area contributed by atoms with Crippen molar-refractivity contribution in [2.45, 2.75) is 39.7 Å². The second-order valence-electron chi connectivity index (χ2n) is 5.48. The number of rotatable bonds is 7. The number of nitrogens with one attached hydrogen (secondary N) is 1. The van der Waals surface area contributed by atoms with Crippen molar-refractivity contribution in [3.8, 4) is 0 Å². The van der Waals surface area contributed by atoms with Crippen molar-refractivity contribution in [2.75, 3.05) is 26.0 Å². The minimum Gasteiger partial charge on any atom is -0.366 e. The molecule has 0 saturated heterocycles. The molecular weight excluding hydrogens is 224 g/mol. The fourth-order valence-electron chi connectivity index (χ4n) is 2.07. The highest BCUT2D eigenvalue weighted by atomic mass is 15.1. The van der Waals surface area contributed by atoms with Gasteiger partial charge < -0.3 is 10.2 Å². The lowest BCUT2D eigenvalue weighted by molar-refractivity contribution is 0.356. The van der Waals surface area contributed by atoms with Gasteiger partial charge in [-0.15, -0.1) is 0 Å². The highest BCUT2D eigenvalue weighted by Gasteiger charge is 2.12. The third-order valence-electron chi connectivity index (χ3n) is 2.78. The topological polar surface area (TPSA) is 41.0 Å². The summed E-state index contributed by atoms with van der Waals surface area (Å²) in [6.07, 6.45) is 3.73. The number of aromatic nitrogens is 2. The molecule has 1 rings (SSSR count). The monoisotopic (exact) mass is 250 g/mol. The van der Waals surface area contributed by atoms with E-state index in [4.69, 9.17) is 0 Å². The van der Waals surface area contributed by atoms with Gasteiger partial charge in [-0.3, -0.25) is 0 Å². The van der Waals surface area contributed by atoms with Crippen molar-refractivity contribution >= 4 is 5.82 Å². The normalized spacial score (nSPS) is 13.1. The first-order chi connectivity index (χ1) is 8.51. The molecule has 0 spiro atoms. The van der Waals surface area contributed by atoms with Gasteiger partial charge in [0.05, 0.1) is 0 Å². The number of hydrogen-bond acceptors (Lipinski definition) is 4. The third-order valence-corrected chi connectivity index (χ3v) is 2.78. The molecule has 4 heteroatoms. The zero-order chi connectivity index (χ0) is 13.5. The quantitative estimate of drug-likeness (QED) is 0.807. The number of aryl methyl sites for hydroxylation is 1. The van der Waals surface area contributed by atoms with Crippen LogP contribution in [-0.4, -0.2) is 41.5 Å². The van der Waals surface area contributed by atoms with Gasteiger partial charge in [0.25, 0.3) is 0 Å². The van der Waals surface area contributed by atoms with E-state index in [-0.39, 0.29) is 0 Å². The Morgan fingerprint density at radius 3 is 2.56 bits per heavy atom. The molecule has 0 bridgehead atoms. The summed E-state index contributed by atoms with van der Waals surface area (Å²) >= 11 is 0. The summed E-state index contributed by atoms with van der Waals surface area (Å²) in [7, 11) is 4.21. The second-order valence-corrected chi connectivity index (χ2v) is 5.48. The Morgan fingerprint density at radius 1 is 1.28 bits per heavy atom. The highest BCUT2D eigenvalue weighted by Crippen LogP contribution is 2.12. The van der Waals surface area contributed by atoms with Crippen molar-refractivity contribution < 1.29 is 0 Å². The Labute approximate surface area is 111 Å². The lowest BCUT2D eigenvalue weighted by Crippen LogP contribution is -2.33. The standard InChI is InChI=1S/C14H26N4/c1-6-12-8-14(16-10-15-12)17-13(7-11(2)3)9-18(4)5/h8,10-11,13H,6-7,9H2,1-5H3,(H,15,16,17). The maximum Gasteiger partial charge on any atom is 0.129 e. The average molecular weight is 250 g/mol. The maximum absolute atomic E-state index is 4.30. The van der Waals surface area contributed by atoms with E-state index >= 15 is 0 Å². The van der Waals surface area contributed by atoms with E-state index in [0.717, 1.165) is 30.9 Å². The van der Waals surface area contributed by atoms with Gasteiger partial charge in [-0.25, -0.2) is 9.97 Å². The van der Waals surface area contributed by atoms with Crippen molar-refractivity contribution in [3.05, 3.63) is 18.1 Å². The summed E-state index contributed by atoms with van der Waals surface area (Å²) in [4.78, 5) is 10.7. The zero-order valence-electron chi connectivity index (χ0n) is 12.3. The number of anilines is 1. The molecule has 4 nitrogen and oxygen atoms in total. The first-order valence-electron chi connectivity index (χ1n) is 6.73. The molecule has 0 fully saturated rings. The van der Waals surface area contributed by atoms with Crippen LogP contribution in [0.5, 0.6) is 0 Å². The van der Waals surface area contributed by atoms with Crippen molar-refractivity contribution in [2.24, 2.45) is 5.92 Å². The molecule has 0 saturated carbocycles. The molecule has 0 aromatic carbocycles. The van der Waals surface area contributed by atoms with Gasteiger partial charge >= 0.3 is 0 Å². The molecule has 0 amide bonds. The van der Waals surface area contributed by atoms with Crippen LogP contribution in [0, 0.1) is 5.92 Å². The SMILES string of the molecule is CCc1cc(NC(CC(C)C)CN(C)C)ncn1. The van der Waals surface area contributed by atoms with Crippen LogP contribution in [0.15, 0.2) is 12.4 Å². The summed E-state index contributed by atoms with van der Waals surface area (Å²) in [5.41, 5.74) is 1.08. The van der Waals surface area contributed by atoms with Gasteiger partial charge in [-0.2, -0.15) is 0 Å². The largest absolute Gasteiger partial charge is 0.366 e. The molecule has 0 aliphatic rings. The van der Waals surface area contributed by atoms with E-state index in [2.05, 4.69) is 55.1 Å². The van der Waals surface area contributed by atoms with E-state index < -0.39 is 0 Å². The molecule has 0 aliphatic heterocycles. The average Bonchev–Trinajstić information content (AvgIpc) is 2.27. The Kier molecular flexibility index (Phi) is 6.05. The molecule has 18 heavy (non-hydrogen) atoms. The molecule has 1 aromatic rings. The summed E-state index contributed by atoms with van der Waals surface area (Å²) in [6, 6.07) is 2.47. The highest BCUT2D eigenvalue weighted by molar-refractivity contribution is 5.36. The summed E-state index contributed by atoms with van der Waals surface area (Å²) < 4.78 is 0. The fraction of sp³-hybridized carbons (Fsp3) is 0.714. The first-order valence-corrected chi connectivity index (χ1v) is 6.73. The van der Waals surface area contributed by atoms with E-state index in [1.165, 1.54) is 0 Å². The van der Waals surface area contributed by atoms with Gasteiger partial charge in [0.2, 0.25) is 0 Å². The number of nitrogens with zero attached hydrogens (tertiary/aromatic N) is 3. The molecule has 0 aliphatic carbocycles. The van der Waals surface area contributed by atoms with E-state index in [9.17, 15) is 0 Å². The molecular formula is C14H26N4. The van der Waals surface area contributed by atoms with Crippen LogP contribution in [0.2, 0.25) is 0 Å². The van der Waals surface area contributed by atoms with Gasteiger partial charge in [0.15, 0.2) is 0 Å². The zero-order valence-corrected chi connectivity index (χ0v) is 12.3. The lowest BCUT2D eigenvalue weighted by Gasteiger charge is -2.24. The van der Waals surface area contributed by atoms with Crippen molar-refractivity contribution in [1.82, 2.24) is 14.9 Å². The Morgan fingerprint density at radius 2 is 2.00 bits per heavy atom. The van der Waals surface area contributed by atoms with Crippen LogP contribution in [0.4, 0.5) is 5.82 Å². The van der Waals surface area contributed by atoms with Gasteiger partial charge in [0.1, 0.15) is 12.1 Å². The molecule has 1 N–H and O–H groups in total. The smallest absolute Gasteiger partial charge is 0.129 e. The Balaban J connectivity index is 2.68. The van der Waals surface area contributed by atoms with Crippen molar-refractivity contribution in [3.63, 3.8) is 0 Å². The molecule has 1 atom stereocenters.